The molecule has 0 aliphatic heterocycles. The molecule has 76 valence electrons. The summed E-state index contributed by atoms with van der Waals surface area (Å²) in [5, 5.41) is 0. The van der Waals surface area contributed by atoms with Crippen LogP contribution in [-0.4, -0.2) is 20.7 Å². The molecule has 0 aromatic heterocycles. The largest absolute Gasteiger partial charge is 0.212 e. The zero-order valence-corrected chi connectivity index (χ0v) is 8.40. The molecule has 0 saturated carbocycles. The van der Waals surface area contributed by atoms with Crippen molar-refractivity contribution in [1.29, 1.82) is 0 Å². The van der Waals surface area contributed by atoms with Crippen molar-refractivity contribution in [3.63, 3.8) is 0 Å². The molecule has 0 aromatic rings. The molecule has 0 atom stereocenters. The van der Waals surface area contributed by atoms with Gasteiger partial charge in [-0.1, -0.05) is 19.6 Å². The second kappa shape index (κ2) is 5.88. The molecule has 0 fully saturated rings. The molecule has 0 heterocycles. The van der Waals surface area contributed by atoms with Gasteiger partial charge in [-0.15, -0.1) is 0 Å². The highest BCUT2D eigenvalue weighted by molar-refractivity contribution is 7.89. The van der Waals surface area contributed by atoms with Crippen molar-refractivity contribution in [2.45, 2.75) is 13.3 Å². The highest BCUT2D eigenvalue weighted by atomic mass is 32.2. The molecule has 0 aliphatic rings. The Balaban J connectivity index is 3.83. The van der Waals surface area contributed by atoms with Crippen LogP contribution in [0.25, 0.3) is 0 Å². The maximum Gasteiger partial charge on any atom is 0.211 e. The average Bonchev–Trinajstić information content (AvgIpc) is 1.98. The van der Waals surface area contributed by atoms with Crippen molar-refractivity contribution in [3.8, 4) is 0 Å². The Bertz CT molecular complexity index is 283. The minimum Gasteiger partial charge on any atom is -0.212 e. The summed E-state index contributed by atoms with van der Waals surface area (Å²) in [5.41, 5.74) is 0. The zero-order chi connectivity index (χ0) is 10.3. The summed E-state index contributed by atoms with van der Waals surface area (Å²) in [7, 11) is -3.18. The van der Waals surface area contributed by atoms with Gasteiger partial charge in [0.1, 0.15) is 5.83 Å². The average molecular weight is 207 g/mol. The summed E-state index contributed by atoms with van der Waals surface area (Å²) < 4.78 is 36.3. The summed E-state index contributed by atoms with van der Waals surface area (Å²) in [6.45, 7) is 4.87. The minimum absolute atomic E-state index is 0.0947. The van der Waals surface area contributed by atoms with E-state index in [-0.39, 0.29) is 12.3 Å². The number of hydrogen-bond donors (Lipinski definition) is 1. The maximum absolute atomic E-state index is 12.0. The fourth-order valence-corrected chi connectivity index (χ4v) is 1.73. The second-order valence-corrected chi connectivity index (χ2v) is 4.44. The van der Waals surface area contributed by atoms with E-state index in [0.29, 0.717) is 6.42 Å². The van der Waals surface area contributed by atoms with Crippen LogP contribution >= 0.6 is 0 Å². The van der Waals surface area contributed by atoms with E-state index in [1.54, 1.807) is 6.92 Å². The van der Waals surface area contributed by atoms with Crippen molar-refractivity contribution in [3.05, 3.63) is 24.6 Å². The topological polar surface area (TPSA) is 46.2 Å². The summed E-state index contributed by atoms with van der Waals surface area (Å²) in [4.78, 5) is 0. The van der Waals surface area contributed by atoms with Gasteiger partial charge in [-0.2, -0.15) is 0 Å². The highest BCUT2D eigenvalue weighted by Crippen LogP contribution is 1.92. The van der Waals surface area contributed by atoms with Gasteiger partial charge in [0.15, 0.2) is 0 Å². The lowest BCUT2D eigenvalue weighted by atomic mass is 10.5. The minimum atomic E-state index is -3.18. The van der Waals surface area contributed by atoms with Crippen molar-refractivity contribution in [2.75, 3.05) is 12.3 Å². The third kappa shape index (κ3) is 7.67. The first kappa shape index (κ1) is 12.3. The van der Waals surface area contributed by atoms with Gasteiger partial charge < -0.3 is 0 Å². The zero-order valence-electron chi connectivity index (χ0n) is 7.59. The van der Waals surface area contributed by atoms with E-state index in [2.05, 4.69) is 11.3 Å². The van der Waals surface area contributed by atoms with Crippen molar-refractivity contribution in [1.82, 2.24) is 4.72 Å². The predicted molar refractivity (Wildman–Crippen MR) is 51.5 cm³/mol. The van der Waals surface area contributed by atoms with E-state index in [4.69, 9.17) is 0 Å². The molecular weight excluding hydrogens is 193 g/mol. The maximum atomic E-state index is 12.0. The van der Waals surface area contributed by atoms with Crippen LogP contribution < -0.4 is 4.72 Å². The molecule has 1 N–H and O–H groups in total. The van der Waals surface area contributed by atoms with E-state index < -0.39 is 15.9 Å². The number of nitrogens with one attached hydrogen (secondary N) is 1. The first-order valence-electron chi connectivity index (χ1n) is 3.96. The van der Waals surface area contributed by atoms with Crippen LogP contribution in [-0.2, 0) is 10.0 Å². The predicted octanol–water partition coefficient (Wildman–Crippen LogP) is 1.36. The van der Waals surface area contributed by atoms with Gasteiger partial charge in [0.05, 0.1) is 5.75 Å². The van der Waals surface area contributed by atoms with E-state index in [0.717, 1.165) is 6.08 Å². The molecule has 5 heteroatoms. The van der Waals surface area contributed by atoms with E-state index in [1.165, 1.54) is 6.08 Å². The van der Waals surface area contributed by atoms with Crippen LogP contribution in [0, 0.1) is 0 Å². The number of allylic oxidation sites excluding steroid dienone is 2. The van der Waals surface area contributed by atoms with Gasteiger partial charge in [-0.25, -0.2) is 17.5 Å². The fourth-order valence-electron chi connectivity index (χ4n) is 0.703. The molecular formula is C8H14FNO2S. The first-order chi connectivity index (χ1) is 5.98. The van der Waals surface area contributed by atoms with Gasteiger partial charge in [-0.05, 0) is 12.5 Å². The third-order valence-corrected chi connectivity index (χ3v) is 2.74. The SMILES string of the molecule is C=C(F)/C=C\CNS(=O)(=O)CCC. The van der Waals surface area contributed by atoms with Crippen LogP contribution in [0.3, 0.4) is 0 Å². The molecule has 0 rings (SSSR count). The van der Waals surface area contributed by atoms with Crippen LogP contribution in [0.5, 0.6) is 0 Å². The van der Waals surface area contributed by atoms with Gasteiger partial charge in [0.25, 0.3) is 0 Å². The molecule has 0 aliphatic carbocycles. The number of sulfonamides is 1. The lowest BCUT2D eigenvalue weighted by Crippen LogP contribution is -2.26. The number of rotatable bonds is 6. The molecule has 0 saturated heterocycles. The lowest BCUT2D eigenvalue weighted by molar-refractivity contribution is 0.584. The van der Waals surface area contributed by atoms with Crippen molar-refractivity contribution >= 4 is 10.0 Å². The second-order valence-electron chi connectivity index (χ2n) is 2.52. The van der Waals surface area contributed by atoms with Gasteiger partial charge >= 0.3 is 0 Å². The normalized spacial score (nSPS) is 12.2. The standard InChI is InChI=1S/C8H14FNO2S/c1-3-7-13(11,12)10-6-4-5-8(2)9/h4-5,10H,2-3,6-7H2,1H3/b5-4-. The quantitative estimate of drug-likeness (QED) is 0.668. The number of hydrogen-bond acceptors (Lipinski definition) is 2. The van der Waals surface area contributed by atoms with E-state index >= 15 is 0 Å². The number of halogens is 1. The molecule has 0 radical (unpaired) electrons. The third-order valence-electron chi connectivity index (χ3n) is 1.19. The Morgan fingerprint density at radius 3 is 2.69 bits per heavy atom. The molecule has 0 aromatic carbocycles. The van der Waals surface area contributed by atoms with E-state index in [9.17, 15) is 12.8 Å². The monoisotopic (exact) mass is 207 g/mol. The van der Waals surface area contributed by atoms with Crippen LogP contribution in [0.1, 0.15) is 13.3 Å². The Hall–Kier alpha value is -0.680. The van der Waals surface area contributed by atoms with Crippen LogP contribution in [0.15, 0.2) is 24.6 Å². The van der Waals surface area contributed by atoms with E-state index in [1.807, 2.05) is 0 Å². The Labute approximate surface area is 78.4 Å². The summed E-state index contributed by atoms with van der Waals surface area (Å²) in [5.74, 6) is -0.494. The summed E-state index contributed by atoms with van der Waals surface area (Å²) in [6.07, 6.45) is 3.05. The van der Waals surface area contributed by atoms with Crippen molar-refractivity contribution < 1.29 is 12.8 Å². The Morgan fingerprint density at radius 1 is 1.62 bits per heavy atom. The molecule has 0 amide bonds. The lowest BCUT2D eigenvalue weighted by Gasteiger charge is -2.00. The molecule has 0 bridgehead atoms. The molecule has 13 heavy (non-hydrogen) atoms. The summed E-state index contributed by atoms with van der Waals surface area (Å²) in [6, 6.07) is 0. The fraction of sp³-hybridized carbons (Fsp3) is 0.500. The molecule has 3 nitrogen and oxygen atoms in total. The van der Waals surface area contributed by atoms with Gasteiger partial charge in [0, 0.05) is 6.54 Å². The Morgan fingerprint density at radius 2 is 2.23 bits per heavy atom. The molecule has 0 spiro atoms. The first-order valence-corrected chi connectivity index (χ1v) is 5.61. The van der Waals surface area contributed by atoms with Gasteiger partial charge in [-0.3, -0.25) is 0 Å². The van der Waals surface area contributed by atoms with Gasteiger partial charge in [0.2, 0.25) is 10.0 Å². The smallest absolute Gasteiger partial charge is 0.211 e. The van der Waals surface area contributed by atoms with Crippen LogP contribution in [0.2, 0.25) is 0 Å². The Kier molecular flexibility index (Phi) is 5.57. The highest BCUT2D eigenvalue weighted by Gasteiger charge is 2.04. The van der Waals surface area contributed by atoms with Crippen molar-refractivity contribution in [2.24, 2.45) is 0 Å². The van der Waals surface area contributed by atoms with Crippen LogP contribution in [0.4, 0.5) is 4.39 Å². The molecule has 0 unspecified atom stereocenters. The summed E-state index contributed by atoms with van der Waals surface area (Å²) >= 11 is 0.